The van der Waals surface area contributed by atoms with Gasteiger partial charge in [0.05, 0.1) is 36.3 Å². The summed E-state index contributed by atoms with van der Waals surface area (Å²) in [6, 6.07) is 6.64. The number of hydrogen-bond donors (Lipinski definition) is 2. The van der Waals surface area contributed by atoms with Crippen molar-refractivity contribution in [1.82, 2.24) is 20.1 Å². The number of methoxy groups -OCH3 is 1. The van der Waals surface area contributed by atoms with Crippen molar-refractivity contribution in [2.24, 2.45) is 0 Å². The first-order valence-corrected chi connectivity index (χ1v) is 10.1. The molecule has 2 N–H and O–H groups in total. The minimum absolute atomic E-state index is 0.213. The molecule has 1 aromatic carbocycles. The SMILES string of the molecule is COc1cc(Sc2cnc(CNC(=O)O)s2)cc(-c2cnn(C3CC3)c2)c1. The van der Waals surface area contributed by atoms with Gasteiger partial charge in [0.25, 0.3) is 0 Å². The molecule has 27 heavy (non-hydrogen) atoms. The Labute approximate surface area is 164 Å². The lowest BCUT2D eigenvalue weighted by molar-refractivity contribution is 0.194. The highest BCUT2D eigenvalue weighted by Gasteiger charge is 2.24. The first-order chi connectivity index (χ1) is 13.1. The number of carboxylic acid groups (broad SMARTS) is 1. The monoisotopic (exact) mass is 402 g/mol. The fraction of sp³-hybridized carbons (Fsp3) is 0.278. The maximum atomic E-state index is 10.6. The Hall–Kier alpha value is -2.52. The van der Waals surface area contributed by atoms with E-state index in [1.54, 1.807) is 25.1 Å². The van der Waals surface area contributed by atoms with E-state index in [9.17, 15) is 4.79 Å². The molecule has 140 valence electrons. The average molecular weight is 403 g/mol. The molecule has 0 saturated heterocycles. The third kappa shape index (κ3) is 4.42. The lowest BCUT2D eigenvalue weighted by Gasteiger charge is -2.07. The number of nitrogens with zero attached hydrogens (tertiary/aromatic N) is 3. The Morgan fingerprint density at radius 3 is 2.96 bits per heavy atom. The van der Waals surface area contributed by atoms with Gasteiger partial charge < -0.3 is 15.2 Å². The normalized spacial score (nSPS) is 13.5. The number of benzene rings is 1. The molecule has 0 atom stereocenters. The number of carbonyl (C=O) groups is 1. The molecule has 2 aromatic heterocycles. The van der Waals surface area contributed by atoms with E-state index < -0.39 is 6.09 Å². The average Bonchev–Trinajstić information content (AvgIpc) is 3.22. The molecule has 1 aliphatic rings. The molecule has 4 rings (SSSR count). The van der Waals surface area contributed by atoms with Gasteiger partial charge in [-0.25, -0.2) is 9.78 Å². The van der Waals surface area contributed by atoms with E-state index in [2.05, 4.69) is 27.7 Å². The van der Waals surface area contributed by atoms with E-state index in [0.29, 0.717) is 6.04 Å². The van der Waals surface area contributed by atoms with Crippen molar-refractivity contribution in [1.29, 1.82) is 0 Å². The van der Waals surface area contributed by atoms with Crippen LogP contribution in [0.15, 0.2) is 45.9 Å². The number of amides is 1. The molecular formula is C18H18N4O3S2. The van der Waals surface area contributed by atoms with Gasteiger partial charge in [0.1, 0.15) is 10.8 Å². The smallest absolute Gasteiger partial charge is 0.405 e. The standard InChI is InChI=1S/C18H18N4O3S2/c1-25-14-4-11(12-7-21-22(10-12)13-2-3-13)5-15(6-14)26-17-9-19-16(27-17)8-20-18(23)24/h4-7,9-10,13,20H,2-3,8H2,1H3,(H,23,24). The van der Waals surface area contributed by atoms with Gasteiger partial charge in [-0.1, -0.05) is 11.8 Å². The van der Waals surface area contributed by atoms with Crippen LogP contribution in [-0.4, -0.2) is 33.1 Å². The molecule has 0 aliphatic heterocycles. The molecular weight excluding hydrogens is 384 g/mol. The minimum Gasteiger partial charge on any atom is -0.497 e. The molecule has 1 saturated carbocycles. The molecule has 0 radical (unpaired) electrons. The van der Waals surface area contributed by atoms with Gasteiger partial charge in [0, 0.05) is 16.7 Å². The van der Waals surface area contributed by atoms with Crippen molar-refractivity contribution in [3.05, 3.63) is 41.8 Å². The first-order valence-electron chi connectivity index (χ1n) is 8.43. The zero-order valence-electron chi connectivity index (χ0n) is 14.6. The number of nitrogens with one attached hydrogen (secondary N) is 1. The number of aromatic nitrogens is 3. The van der Waals surface area contributed by atoms with Crippen molar-refractivity contribution < 1.29 is 14.6 Å². The van der Waals surface area contributed by atoms with Gasteiger partial charge in [-0.05, 0) is 36.6 Å². The summed E-state index contributed by atoms with van der Waals surface area (Å²) in [5, 5.41) is 16.2. The van der Waals surface area contributed by atoms with Crippen LogP contribution in [0.1, 0.15) is 23.9 Å². The Balaban J connectivity index is 1.54. The predicted molar refractivity (Wildman–Crippen MR) is 104 cm³/mol. The molecule has 1 aliphatic carbocycles. The second-order valence-electron chi connectivity index (χ2n) is 6.17. The highest BCUT2D eigenvalue weighted by Crippen LogP contribution is 2.38. The number of rotatable bonds is 7. The summed E-state index contributed by atoms with van der Waals surface area (Å²) in [4.78, 5) is 15.9. The first kappa shape index (κ1) is 17.9. The molecule has 1 fully saturated rings. The van der Waals surface area contributed by atoms with Crippen molar-refractivity contribution in [3.63, 3.8) is 0 Å². The van der Waals surface area contributed by atoms with Crippen LogP contribution in [0.5, 0.6) is 5.75 Å². The van der Waals surface area contributed by atoms with E-state index in [1.165, 1.54) is 24.2 Å². The van der Waals surface area contributed by atoms with E-state index in [0.717, 1.165) is 31.0 Å². The second-order valence-corrected chi connectivity index (χ2v) is 8.66. The quantitative estimate of drug-likeness (QED) is 0.613. The van der Waals surface area contributed by atoms with Crippen molar-refractivity contribution in [3.8, 4) is 16.9 Å². The molecule has 9 heteroatoms. The summed E-state index contributed by atoms with van der Waals surface area (Å²) in [6.07, 6.45) is 7.09. The number of ether oxygens (including phenoxy) is 1. The number of hydrogen-bond acceptors (Lipinski definition) is 6. The molecule has 0 unspecified atom stereocenters. The third-order valence-corrected chi connectivity index (χ3v) is 6.18. The minimum atomic E-state index is -1.05. The number of thiazole rings is 1. The van der Waals surface area contributed by atoms with Crippen LogP contribution in [-0.2, 0) is 6.54 Å². The summed E-state index contributed by atoms with van der Waals surface area (Å²) in [5.74, 6) is 0.784. The summed E-state index contributed by atoms with van der Waals surface area (Å²) >= 11 is 3.05. The van der Waals surface area contributed by atoms with Crippen LogP contribution in [0.25, 0.3) is 11.1 Å². The lowest BCUT2D eigenvalue weighted by Crippen LogP contribution is -2.19. The third-order valence-electron chi connectivity index (χ3n) is 4.11. The van der Waals surface area contributed by atoms with E-state index in [-0.39, 0.29) is 6.54 Å². The summed E-state index contributed by atoms with van der Waals surface area (Å²) in [7, 11) is 1.66. The van der Waals surface area contributed by atoms with Gasteiger partial charge in [-0.2, -0.15) is 5.10 Å². The van der Waals surface area contributed by atoms with Crippen LogP contribution < -0.4 is 10.1 Å². The fourth-order valence-electron chi connectivity index (χ4n) is 2.63. The van der Waals surface area contributed by atoms with E-state index in [1.807, 2.05) is 23.0 Å². The zero-order valence-corrected chi connectivity index (χ0v) is 16.2. The van der Waals surface area contributed by atoms with E-state index in [4.69, 9.17) is 9.84 Å². The van der Waals surface area contributed by atoms with Crippen LogP contribution in [0.2, 0.25) is 0 Å². The molecule has 7 nitrogen and oxygen atoms in total. The van der Waals surface area contributed by atoms with Gasteiger partial charge in [0.15, 0.2) is 0 Å². The Bertz CT molecular complexity index is 965. The maximum absolute atomic E-state index is 10.6. The van der Waals surface area contributed by atoms with Crippen LogP contribution >= 0.6 is 23.1 Å². The van der Waals surface area contributed by atoms with Crippen molar-refractivity contribution >= 4 is 29.2 Å². The van der Waals surface area contributed by atoms with Gasteiger partial charge in [-0.3, -0.25) is 4.68 Å². The van der Waals surface area contributed by atoms with Crippen LogP contribution in [0.3, 0.4) is 0 Å². The Morgan fingerprint density at radius 2 is 2.22 bits per heavy atom. The van der Waals surface area contributed by atoms with E-state index >= 15 is 0 Å². The molecule has 0 bridgehead atoms. The summed E-state index contributed by atoms with van der Waals surface area (Å²) in [6.45, 7) is 0.213. The fourth-order valence-corrected chi connectivity index (χ4v) is 4.66. The van der Waals surface area contributed by atoms with Crippen molar-refractivity contribution in [2.45, 2.75) is 34.5 Å². The zero-order chi connectivity index (χ0) is 18.8. The Kier molecular flexibility index (Phi) is 5.04. The highest BCUT2D eigenvalue weighted by molar-refractivity contribution is 8.01. The maximum Gasteiger partial charge on any atom is 0.405 e. The van der Waals surface area contributed by atoms with Crippen LogP contribution in [0, 0.1) is 0 Å². The second kappa shape index (κ2) is 7.61. The lowest BCUT2D eigenvalue weighted by atomic mass is 10.1. The largest absolute Gasteiger partial charge is 0.497 e. The molecule has 1 amide bonds. The van der Waals surface area contributed by atoms with Gasteiger partial charge in [-0.15, -0.1) is 11.3 Å². The van der Waals surface area contributed by atoms with Gasteiger partial charge >= 0.3 is 6.09 Å². The molecule has 3 aromatic rings. The summed E-state index contributed by atoms with van der Waals surface area (Å²) in [5.41, 5.74) is 2.12. The van der Waals surface area contributed by atoms with Gasteiger partial charge in [0.2, 0.25) is 0 Å². The Morgan fingerprint density at radius 1 is 1.37 bits per heavy atom. The highest BCUT2D eigenvalue weighted by atomic mass is 32.2. The summed E-state index contributed by atoms with van der Waals surface area (Å²) < 4.78 is 8.49. The predicted octanol–water partition coefficient (Wildman–Crippen LogP) is 4.27. The van der Waals surface area contributed by atoms with Crippen LogP contribution in [0.4, 0.5) is 4.79 Å². The topological polar surface area (TPSA) is 89.3 Å². The van der Waals surface area contributed by atoms with Crippen molar-refractivity contribution in [2.75, 3.05) is 7.11 Å². The molecule has 0 spiro atoms. The molecule has 2 heterocycles.